The molecule has 0 spiro atoms. The van der Waals surface area contributed by atoms with Crippen molar-refractivity contribution >= 4 is 5.69 Å². The van der Waals surface area contributed by atoms with Crippen LogP contribution in [0.1, 0.15) is 18.9 Å². The lowest BCUT2D eigenvalue weighted by Crippen LogP contribution is -2.02. The fourth-order valence-corrected chi connectivity index (χ4v) is 1.93. The topological polar surface area (TPSA) is 30.5 Å². The molecule has 0 aliphatic carbocycles. The SMILES string of the molecule is CCCOc1cc(CNc2ccc(F)cc2)ccc1OC. The number of halogens is 1. The van der Waals surface area contributed by atoms with Gasteiger partial charge in [0.1, 0.15) is 5.82 Å². The number of benzene rings is 2. The van der Waals surface area contributed by atoms with Gasteiger partial charge in [-0.3, -0.25) is 0 Å². The van der Waals surface area contributed by atoms with Crippen LogP contribution in [0.15, 0.2) is 42.5 Å². The molecule has 0 saturated heterocycles. The zero-order chi connectivity index (χ0) is 15.1. The predicted octanol–water partition coefficient (Wildman–Crippen LogP) is 4.24. The van der Waals surface area contributed by atoms with Gasteiger partial charge < -0.3 is 14.8 Å². The lowest BCUT2D eigenvalue weighted by atomic mass is 10.2. The molecule has 2 rings (SSSR count). The Morgan fingerprint density at radius 2 is 1.81 bits per heavy atom. The van der Waals surface area contributed by atoms with E-state index in [1.54, 1.807) is 19.2 Å². The summed E-state index contributed by atoms with van der Waals surface area (Å²) in [5, 5.41) is 3.25. The highest BCUT2D eigenvalue weighted by atomic mass is 19.1. The quantitative estimate of drug-likeness (QED) is 0.827. The molecule has 0 aliphatic heterocycles. The van der Waals surface area contributed by atoms with E-state index in [0.29, 0.717) is 13.2 Å². The van der Waals surface area contributed by atoms with Crippen molar-refractivity contribution in [3.05, 3.63) is 53.8 Å². The smallest absolute Gasteiger partial charge is 0.161 e. The molecule has 2 aromatic carbocycles. The van der Waals surface area contributed by atoms with Gasteiger partial charge >= 0.3 is 0 Å². The second kappa shape index (κ2) is 7.53. The normalized spacial score (nSPS) is 10.2. The monoisotopic (exact) mass is 289 g/mol. The Hall–Kier alpha value is -2.23. The van der Waals surface area contributed by atoms with Gasteiger partial charge in [0.25, 0.3) is 0 Å². The van der Waals surface area contributed by atoms with Gasteiger partial charge in [0.2, 0.25) is 0 Å². The van der Waals surface area contributed by atoms with Crippen LogP contribution in [0.5, 0.6) is 11.5 Å². The van der Waals surface area contributed by atoms with Crippen LogP contribution in [-0.2, 0) is 6.54 Å². The van der Waals surface area contributed by atoms with Gasteiger partial charge in [-0.25, -0.2) is 4.39 Å². The second-order valence-corrected chi connectivity index (χ2v) is 4.69. The summed E-state index contributed by atoms with van der Waals surface area (Å²) >= 11 is 0. The molecule has 112 valence electrons. The Balaban J connectivity index is 2.04. The van der Waals surface area contributed by atoms with Crippen molar-refractivity contribution in [2.45, 2.75) is 19.9 Å². The molecule has 0 bridgehead atoms. The van der Waals surface area contributed by atoms with E-state index in [9.17, 15) is 4.39 Å². The van der Waals surface area contributed by atoms with E-state index in [0.717, 1.165) is 29.2 Å². The van der Waals surface area contributed by atoms with Gasteiger partial charge in [-0.2, -0.15) is 0 Å². The van der Waals surface area contributed by atoms with Crippen LogP contribution in [-0.4, -0.2) is 13.7 Å². The fraction of sp³-hybridized carbons (Fsp3) is 0.294. The number of anilines is 1. The third kappa shape index (κ3) is 4.38. The molecule has 0 amide bonds. The zero-order valence-electron chi connectivity index (χ0n) is 12.4. The summed E-state index contributed by atoms with van der Waals surface area (Å²) in [6.07, 6.45) is 0.946. The number of ether oxygens (including phenoxy) is 2. The minimum Gasteiger partial charge on any atom is -0.493 e. The number of hydrogen-bond acceptors (Lipinski definition) is 3. The molecular formula is C17H20FNO2. The van der Waals surface area contributed by atoms with Crippen LogP contribution in [0.2, 0.25) is 0 Å². The molecule has 4 heteroatoms. The predicted molar refractivity (Wildman–Crippen MR) is 82.5 cm³/mol. The van der Waals surface area contributed by atoms with Crippen LogP contribution in [0.25, 0.3) is 0 Å². The van der Waals surface area contributed by atoms with Crippen molar-refractivity contribution < 1.29 is 13.9 Å². The van der Waals surface area contributed by atoms with E-state index in [1.807, 2.05) is 18.2 Å². The van der Waals surface area contributed by atoms with Gasteiger partial charge in [-0.05, 0) is 48.4 Å². The first-order valence-electron chi connectivity index (χ1n) is 7.02. The Kier molecular flexibility index (Phi) is 5.43. The van der Waals surface area contributed by atoms with E-state index in [-0.39, 0.29) is 5.82 Å². The third-order valence-corrected chi connectivity index (χ3v) is 3.03. The molecule has 1 N–H and O–H groups in total. The van der Waals surface area contributed by atoms with Crippen LogP contribution >= 0.6 is 0 Å². The standard InChI is InChI=1S/C17H20FNO2/c1-3-10-21-17-11-13(4-9-16(17)20-2)12-19-15-7-5-14(18)6-8-15/h4-9,11,19H,3,10,12H2,1-2H3. The van der Waals surface area contributed by atoms with Crippen molar-refractivity contribution in [2.24, 2.45) is 0 Å². The van der Waals surface area contributed by atoms with Gasteiger partial charge in [0.15, 0.2) is 11.5 Å². The lowest BCUT2D eigenvalue weighted by Gasteiger charge is -2.12. The van der Waals surface area contributed by atoms with Gasteiger partial charge in [-0.1, -0.05) is 13.0 Å². The molecule has 0 fully saturated rings. The number of hydrogen-bond donors (Lipinski definition) is 1. The number of rotatable bonds is 7. The fourth-order valence-electron chi connectivity index (χ4n) is 1.93. The maximum atomic E-state index is 12.8. The van der Waals surface area contributed by atoms with Gasteiger partial charge in [-0.15, -0.1) is 0 Å². The average Bonchev–Trinajstić information content (AvgIpc) is 2.52. The number of methoxy groups -OCH3 is 1. The highest BCUT2D eigenvalue weighted by molar-refractivity contribution is 5.46. The van der Waals surface area contributed by atoms with Gasteiger partial charge in [0, 0.05) is 12.2 Å². The van der Waals surface area contributed by atoms with Crippen molar-refractivity contribution in [3.8, 4) is 11.5 Å². The van der Waals surface area contributed by atoms with E-state index < -0.39 is 0 Å². The van der Waals surface area contributed by atoms with Gasteiger partial charge in [0.05, 0.1) is 13.7 Å². The molecule has 0 aromatic heterocycles. The van der Waals surface area contributed by atoms with Crippen molar-refractivity contribution in [1.29, 1.82) is 0 Å². The summed E-state index contributed by atoms with van der Waals surface area (Å²) in [5.74, 6) is 1.24. The Morgan fingerprint density at radius 1 is 1.05 bits per heavy atom. The highest BCUT2D eigenvalue weighted by Crippen LogP contribution is 2.28. The van der Waals surface area contributed by atoms with E-state index in [4.69, 9.17) is 9.47 Å². The second-order valence-electron chi connectivity index (χ2n) is 4.69. The summed E-state index contributed by atoms with van der Waals surface area (Å²) in [6.45, 7) is 3.36. The molecule has 0 aliphatic rings. The molecule has 0 unspecified atom stereocenters. The molecule has 21 heavy (non-hydrogen) atoms. The largest absolute Gasteiger partial charge is 0.493 e. The van der Waals surface area contributed by atoms with Crippen LogP contribution in [0, 0.1) is 5.82 Å². The summed E-state index contributed by atoms with van der Waals surface area (Å²) in [7, 11) is 1.63. The maximum absolute atomic E-state index is 12.8. The first-order chi connectivity index (χ1) is 10.2. The molecule has 0 atom stereocenters. The van der Waals surface area contributed by atoms with E-state index in [1.165, 1.54) is 12.1 Å². The van der Waals surface area contributed by atoms with Crippen LogP contribution in [0.4, 0.5) is 10.1 Å². The average molecular weight is 289 g/mol. The lowest BCUT2D eigenvalue weighted by molar-refractivity contribution is 0.294. The zero-order valence-corrected chi connectivity index (χ0v) is 12.4. The number of nitrogens with one attached hydrogen (secondary N) is 1. The minimum atomic E-state index is -0.236. The first kappa shape index (κ1) is 15.2. The molecule has 0 heterocycles. The summed E-state index contributed by atoms with van der Waals surface area (Å²) in [5.41, 5.74) is 1.95. The van der Waals surface area contributed by atoms with E-state index >= 15 is 0 Å². The molecule has 3 nitrogen and oxygen atoms in total. The van der Waals surface area contributed by atoms with E-state index in [2.05, 4.69) is 12.2 Å². The molecule has 2 aromatic rings. The Morgan fingerprint density at radius 3 is 2.48 bits per heavy atom. The first-order valence-corrected chi connectivity index (χ1v) is 7.02. The summed E-state index contributed by atoms with van der Waals surface area (Å²) in [6, 6.07) is 12.1. The summed E-state index contributed by atoms with van der Waals surface area (Å²) in [4.78, 5) is 0. The maximum Gasteiger partial charge on any atom is 0.161 e. The molecule has 0 saturated carbocycles. The minimum absolute atomic E-state index is 0.236. The van der Waals surface area contributed by atoms with Crippen LogP contribution in [0.3, 0.4) is 0 Å². The highest BCUT2D eigenvalue weighted by Gasteiger charge is 2.05. The Labute approximate surface area is 124 Å². The van der Waals surface area contributed by atoms with Crippen molar-refractivity contribution in [1.82, 2.24) is 0 Å². The van der Waals surface area contributed by atoms with Crippen LogP contribution < -0.4 is 14.8 Å². The summed E-state index contributed by atoms with van der Waals surface area (Å²) < 4.78 is 23.8. The van der Waals surface area contributed by atoms with Crippen molar-refractivity contribution in [2.75, 3.05) is 19.0 Å². The third-order valence-electron chi connectivity index (χ3n) is 3.03. The molecular weight excluding hydrogens is 269 g/mol. The van der Waals surface area contributed by atoms with Crippen molar-refractivity contribution in [3.63, 3.8) is 0 Å². The Bertz CT molecular complexity index is 570. The molecule has 0 radical (unpaired) electrons.